The number of hydrogen-bond donors (Lipinski definition) is 1. The first-order valence-corrected chi connectivity index (χ1v) is 8.95. The molecule has 0 bridgehead atoms. The number of nitrogens with one attached hydrogen (secondary N) is 1. The molecular formula is C18H28BrN. The van der Waals surface area contributed by atoms with Crippen LogP contribution in [0.1, 0.15) is 63.1 Å². The average molecular weight is 338 g/mol. The molecule has 1 aliphatic rings. The molecule has 0 saturated heterocycles. The Kier molecular flexibility index (Phi) is 6.10. The summed E-state index contributed by atoms with van der Waals surface area (Å²) < 4.78 is 1.24. The van der Waals surface area contributed by atoms with Crippen LogP contribution in [0.15, 0.2) is 22.7 Å². The van der Waals surface area contributed by atoms with Gasteiger partial charge in [0, 0.05) is 10.5 Å². The second kappa shape index (κ2) is 7.61. The van der Waals surface area contributed by atoms with Crippen molar-refractivity contribution >= 4 is 15.9 Å². The molecule has 1 unspecified atom stereocenters. The smallest absolute Gasteiger partial charge is 0.0351 e. The van der Waals surface area contributed by atoms with E-state index in [1.807, 2.05) is 0 Å². The molecule has 2 rings (SSSR count). The van der Waals surface area contributed by atoms with Gasteiger partial charge in [-0.05, 0) is 55.3 Å². The maximum Gasteiger partial charge on any atom is 0.0351 e. The molecule has 0 radical (unpaired) electrons. The van der Waals surface area contributed by atoms with E-state index in [1.165, 1.54) is 47.7 Å². The number of rotatable bonds is 5. The SMILES string of the molecule is CCNC(c1cccc(Br)c1C)C1CCC(CC)CC1. The highest BCUT2D eigenvalue weighted by atomic mass is 79.9. The predicted molar refractivity (Wildman–Crippen MR) is 91.0 cm³/mol. The van der Waals surface area contributed by atoms with E-state index < -0.39 is 0 Å². The van der Waals surface area contributed by atoms with E-state index in [-0.39, 0.29) is 0 Å². The fourth-order valence-corrected chi connectivity index (χ4v) is 4.02. The predicted octanol–water partition coefficient (Wildman–Crippen LogP) is 5.62. The van der Waals surface area contributed by atoms with Gasteiger partial charge >= 0.3 is 0 Å². The van der Waals surface area contributed by atoms with Crippen LogP contribution in [0.4, 0.5) is 0 Å². The van der Waals surface area contributed by atoms with Gasteiger partial charge in [-0.2, -0.15) is 0 Å². The van der Waals surface area contributed by atoms with E-state index in [0.717, 1.165) is 18.4 Å². The van der Waals surface area contributed by atoms with Gasteiger partial charge in [0.05, 0.1) is 0 Å². The largest absolute Gasteiger partial charge is 0.310 e. The van der Waals surface area contributed by atoms with Crippen molar-refractivity contribution in [3.05, 3.63) is 33.8 Å². The number of benzene rings is 1. The van der Waals surface area contributed by atoms with Gasteiger partial charge in [-0.15, -0.1) is 0 Å². The van der Waals surface area contributed by atoms with Crippen LogP contribution in [0.5, 0.6) is 0 Å². The Morgan fingerprint density at radius 3 is 2.50 bits per heavy atom. The van der Waals surface area contributed by atoms with Crippen LogP contribution in [0, 0.1) is 18.8 Å². The molecule has 1 nitrogen and oxygen atoms in total. The number of halogens is 1. The molecule has 1 fully saturated rings. The minimum atomic E-state index is 0.523. The van der Waals surface area contributed by atoms with Crippen LogP contribution < -0.4 is 5.32 Å². The van der Waals surface area contributed by atoms with Gasteiger partial charge in [0.2, 0.25) is 0 Å². The fourth-order valence-electron chi connectivity index (χ4n) is 3.64. The van der Waals surface area contributed by atoms with Crippen LogP contribution in [-0.2, 0) is 0 Å². The van der Waals surface area contributed by atoms with Crippen molar-refractivity contribution in [2.24, 2.45) is 11.8 Å². The third-order valence-electron chi connectivity index (χ3n) is 5.01. The molecular weight excluding hydrogens is 310 g/mol. The molecule has 2 heteroatoms. The van der Waals surface area contributed by atoms with Crippen LogP contribution in [0.2, 0.25) is 0 Å². The molecule has 20 heavy (non-hydrogen) atoms. The molecule has 1 aromatic rings. The zero-order chi connectivity index (χ0) is 14.5. The quantitative estimate of drug-likeness (QED) is 0.734. The van der Waals surface area contributed by atoms with Crippen molar-refractivity contribution in [1.82, 2.24) is 5.32 Å². The van der Waals surface area contributed by atoms with Crippen molar-refractivity contribution in [1.29, 1.82) is 0 Å². The van der Waals surface area contributed by atoms with Gasteiger partial charge in [0.25, 0.3) is 0 Å². The minimum absolute atomic E-state index is 0.523. The maximum atomic E-state index is 3.75. The van der Waals surface area contributed by atoms with E-state index in [9.17, 15) is 0 Å². The average Bonchev–Trinajstić information content (AvgIpc) is 2.48. The van der Waals surface area contributed by atoms with Crippen molar-refractivity contribution in [2.45, 2.75) is 58.9 Å². The normalized spacial score (nSPS) is 24.6. The van der Waals surface area contributed by atoms with E-state index in [0.29, 0.717) is 6.04 Å². The fraction of sp³-hybridized carbons (Fsp3) is 0.667. The lowest BCUT2D eigenvalue weighted by Crippen LogP contribution is -2.31. The van der Waals surface area contributed by atoms with Gasteiger partial charge in [-0.25, -0.2) is 0 Å². The second-order valence-corrected chi connectivity index (χ2v) is 7.03. The van der Waals surface area contributed by atoms with Crippen LogP contribution in [-0.4, -0.2) is 6.54 Å². The molecule has 1 atom stereocenters. The molecule has 1 N–H and O–H groups in total. The first kappa shape index (κ1) is 16.0. The van der Waals surface area contributed by atoms with E-state index in [2.05, 4.69) is 60.2 Å². The summed E-state index contributed by atoms with van der Waals surface area (Å²) in [5.41, 5.74) is 2.89. The Morgan fingerprint density at radius 1 is 1.20 bits per heavy atom. The summed E-state index contributed by atoms with van der Waals surface area (Å²) in [6.07, 6.45) is 6.94. The standard InChI is InChI=1S/C18H28BrN/c1-4-14-9-11-15(12-10-14)18(20-5-2)16-7-6-8-17(19)13(16)3/h6-8,14-15,18,20H,4-5,9-12H2,1-3H3. The highest BCUT2D eigenvalue weighted by Crippen LogP contribution is 2.39. The topological polar surface area (TPSA) is 12.0 Å². The van der Waals surface area contributed by atoms with Gasteiger partial charge in [-0.3, -0.25) is 0 Å². The Hall–Kier alpha value is -0.340. The third kappa shape index (κ3) is 3.65. The number of hydrogen-bond acceptors (Lipinski definition) is 1. The van der Waals surface area contributed by atoms with Gasteiger partial charge in [-0.1, -0.05) is 61.2 Å². The van der Waals surface area contributed by atoms with Gasteiger partial charge < -0.3 is 5.32 Å². The van der Waals surface area contributed by atoms with E-state index in [1.54, 1.807) is 0 Å². The Bertz CT molecular complexity index is 421. The summed E-state index contributed by atoms with van der Waals surface area (Å²) in [4.78, 5) is 0. The molecule has 1 aromatic carbocycles. The lowest BCUT2D eigenvalue weighted by Gasteiger charge is -2.35. The summed E-state index contributed by atoms with van der Waals surface area (Å²) >= 11 is 3.68. The lowest BCUT2D eigenvalue weighted by molar-refractivity contribution is 0.219. The van der Waals surface area contributed by atoms with E-state index in [4.69, 9.17) is 0 Å². The van der Waals surface area contributed by atoms with Crippen LogP contribution >= 0.6 is 15.9 Å². The zero-order valence-electron chi connectivity index (χ0n) is 13.1. The molecule has 0 heterocycles. The van der Waals surface area contributed by atoms with Crippen LogP contribution in [0.3, 0.4) is 0 Å². The minimum Gasteiger partial charge on any atom is -0.310 e. The summed E-state index contributed by atoms with van der Waals surface area (Å²) in [7, 11) is 0. The van der Waals surface area contributed by atoms with Crippen molar-refractivity contribution < 1.29 is 0 Å². The highest BCUT2D eigenvalue weighted by molar-refractivity contribution is 9.10. The molecule has 0 spiro atoms. The molecule has 1 aliphatic carbocycles. The maximum absolute atomic E-state index is 3.75. The van der Waals surface area contributed by atoms with Crippen LogP contribution in [0.25, 0.3) is 0 Å². The first-order valence-electron chi connectivity index (χ1n) is 8.15. The summed E-state index contributed by atoms with van der Waals surface area (Å²) in [6, 6.07) is 7.15. The summed E-state index contributed by atoms with van der Waals surface area (Å²) in [5, 5.41) is 3.75. The Balaban J connectivity index is 2.17. The van der Waals surface area contributed by atoms with Crippen molar-refractivity contribution in [2.75, 3.05) is 6.54 Å². The molecule has 1 saturated carbocycles. The van der Waals surface area contributed by atoms with Crippen molar-refractivity contribution in [3.63, 3.8) is 0 Å². The van der Waals surface area contributed by atoms with E-state index >= 15 is 0 Å². The zero-order valence-corrected chi connectivity index (χ0v) is 14.7. The van der Waals surface area contributed by atoms with Gasteiger partial charge in [0.1, 0.15) is 0 Å². The summed E-state index contributed by atoms with van der Waals surface area (Å²) in [6.45, 7) is 7.84. The lowest BCUT2D eigenvalue weighted by atomic mass is 9.75. The molecule has 112 valence electrons. The monoisotopic (exact) mass is 337 g/mol. The second-order valence-electron chi connectivity index (χ2n) is 6.18. The highest BCUT2D eigenvalue weighted by Gasteiger charge is 2.28. The molecule has 0 aromatic heterocycles. The van der Waals surface area contributed by atoms with Gasteiger partial charge in [0.15, 0.2) is 0 Å². The third-order valence-corrected chi connectivity index (χ3v) is 5.87. The molecule has 0 amide bonds. The first-order chi connectivity index (χ1) is 9.67. The summed E-state index contributed by atoms with van der Waals surface area (Å²) in [5.74, 6) is 1.77. The Labute approximate surface area is 132 Å². The van der Waals surface area contributed by atoms with Crippen molar-refractivity contribution in [3.8, 4) is 0 Å². The Morgan fingerprint density at radius 2 is 1.90 bits per heavy atom. The molecule has 0 aliphatic heterocycles.